The lowest BCUT2D eigenvalue weighted by Crippen LogP contribution is -2.20. The van der Waals surface area contributed by atoms with Crippen LogP contribution in [0.15, 0.2) is 89.0 Å². The number of hydrogen-bond acceptors (Lipinski definition) is 6. The number of carbonyl (C=O) groups excluding carboxylic acids is 1. The maximum Gasteiger partial charge on any atom is 0.210 e. The Labute approximate surface area is 197 Å². The summed E-state index contributed by atoms with van der Waals surface area (Å²) < 4.78 is 31.3. The molecule has 170 valence electrons. The molecule has 0 amide bonds. The van der Waals surface area contributed by atoms with Crippen molar-refractivity contribution in [3.63, 3.8) is 0 Å². The van der Waals surface area contributed by atoms with Crippen molar-refractivity contribution in [3.8, 4) is 22.6 Å². The van der Waals surface area contributed by atoms with E-state index in [9.17, 15) is 13.2 Å². The van der Waals surface area contributed by atoms with Gasteiger partial charge in [-0.3, -0.25) is 14.4 Å². The lowest BCUT2D eigenvalue weighted by molar-refractivity contribution is 0.0953. The number of imidazole rings is 1. The van der Waals surface area contributed by atoms with Crippen molar-refractivity contribution in [2.24, 2.45) is 4.99 Å². The molecule has 0 fully saturated rings. The highest BCUT2D eigenvalue weighted by Crippen LogP contribution is 2.32. The van der Waals surface area contributed by atoms with Crippen LogP contribution < -0.4 is 4.74 Å². The number of ether oxygens (including phenoxy) is 1. The Bertz CT molecular complexity index is 1520. The maximum atomic E-state index is 13.5. The largest absolute Gasteiger partial charge is 0.497 e. The van der Waals surface area contributed by atoms with E-state index < -0.39 is 15.9 Å². The van der Waals surface area contributed by atoms with E-state index in [1.165, 1.54) is 6.26 Å². The van der Waals surface area contributed by atoms with Gasteiger partial charge in [0, 0.05) is 17.5 Å². The maximum absolute atomic E-state index is 13.5. The molecule has 1 unspecified atom stereocenters. The molecule has 1 atom stereocenters. The van der Waals surface area contributed by atoms with Gasteiger partial charge in [-0.05, 0) is 41.5 Å². The SMILES string of the molecule is COc1ccc(-n2cnc3c2C(=O)C(c2ccc(-c4ccccc4S(C)(=O)=O)cc2)N=C3)cc1. The van der Waals surface area contributed by atoms with Gasteiger partial charge in [-0.25, -0.2) is 13.4 Å². The molecular weight excluding hydrogens is 450 g/mol. The summed E-state index contributed by atoms with van der Waals surface area (Å²) in [6.45, 7) is 0. The van der Waals surface area contributed by atoms with Crippen LogP contribution in [0.5, 0.6) is 5.75 Å². The van der Waals surface area contributed by atoms with Gasteiger partial charge < -0.3 is 4.74 Å². The molecule has 8 heteroatoms. The molecule has 2 heterocycles. The van der Waals surface area contributed by atoms with Gasteiger partial charge in [0.05, 0.1) is 18.2 Å². The van der Waals surface area contributed by atoms with Gasteiger partial charge in [-0.1, -0.05) is 42.5 Å². The van der Waals surface area contributed by atoms with Crippen molar-refractivity contribution >= 4 is 21.8 Å². The first-order valence-corrected chi connectivity index (χ1v) is 12.4. The Morgan fingerprint density at radius 1 is 0.941 bits per heavy atom. The van der Waals surface area contributed by atoms with Gasteiger partial charge >= 0.3 is 0 Å². The van der Waals surface area contributed by atoms with Crippen LogP contribution in [0.3, 0.4) is 0 Å². The number of rotatable bonds is 5. The Kier molecular flexibility index (Phi) is 5.37. The van der Waals surface area contributed by atoms with E-state index >= 15 is 0 Å². The molecule has 0 saturated carbocycles. The zero-order chi connectivity index (χ0) is 23.9. The van der Waals surface area contributed by atoms with Gasteiger partial charge in [0.1, 0.15) is 29.5 Å². The van der Waals surface area contributed by atoms with Crippen molar-refractivity contribution in [1.82, 2.24) is 9.55 Å². The predicted octanol–water partition coefficient (Wildman–Crippen LogP) is 4.31. The third kappa shape index (κ3) is 3.82. The number of benzene rings is 3. The number of ketones is 1. The van der Waals surface area contributed by atoms with E-state index in [0.717, 1.165) is 22.6 Å². The van der Waals surface area contributed by atoms with Crippen LogP contribution in [0, 0.1) is 0 Å². The van der Waals surface area contributed by atoms with Gasteiger partial charge in [-0.15, -0.1) is 0 Å². The standard InChI is InChI=1S/C26H21N3O4S/c1-33-20-13-11-19(12-14-20)29-16-28-22-15-27-24(26(30)25(22)29)18-9-7-17(8-10-18)21-5-3-4-6-23(21)34(2,31)32/h3-16,24H,1-2H3. The number of aliphatic imine (C=N–C) groups is 1. The van der Waals surface area contributed by atoms with E-state index in [0.29, 0.717) is 17.0 Å². The molecule has 5 rings (SSSR count). The second-order valence-electron chi connectivity index (χ2n) is 7.98. The minimum Gasteiger partial charge on any atom is -0.497 e. The summed E-state index contributed by atoms with van der Waals surface area (Å²) in [6.07, 6.45) is 4.43. The topological polar surface area (TPSA) is 90.6 Å². The van der Waals surface area contributed by atoms with Crippen molar-refractivity contribution in [2.45, 2.75) is 10.9 Å². The number of methoxy groups -OCH3 is 1. The van der Waals surface area contributed by atoms with Crippen LogP contribution in [0.2, 0.25) is 0 Å². The van der Waals surface area contributed by atoms with Crippen LogP contribution in [0.1, 0.15) is 27.8 Å². The van der Waals surface area contributed by atoms with Crippen LogP contribution in [-0.2, 0) is 9.84 Å². The molecule has 4 aromatic rings. The van der Waals surface area contributed by atoms with Crippen LogP contribution in [-0.4, -0.2) is 43.3 Å². The van der Waals surface area contributed by atoms with Crippen LogP contribution in [0.4, 0.5) is 0 Å². The molecule has 0 bridgehead atoms. The fraction of sp³-hybridized carbons (Fsp3) is 0.115. The van der Waals surface area contributed by atoms with Gasteiger partial charge in [-0.2, -0.15) is 0 Å². The fourth-order valence-electron chi connectivity index (χ4n) is 4.09. The van der Waals surface area contributed by atoms with Crippen LogP contribution in [0.25, 0.3) is 16.8 Å². The summed E-state index contributed by atoms with van der Waals surface area (Å²) in [6, 6.07) is 20.8. The summed E-state index contributed by atoms with van der Waals surface area (Å²) >= 11 is 0. The number of Topliss-reactive ketones (excluding diaryl/α,β-unsaturated/α-hetero) is 1. The number of fused-ring (bicyclic) bond motifs is 1. The van der Waals surface area contributed by atoms with Crippen molar-refractivity contribution < 1.29 is 17.9 Å². The molecule has 0 N–H and O–H groups in total. The summed E-state index contributed by atoms with van der Waals surface area (Å²) in [5.41, 5.74) is 3.88. The van der Waals surface area contributed by atoms with E-state index in [4.69, 9.17) is 4.74 Å². The van der Waals surface area contributed by atoms with Crippen molar-refractivity contribution in [1.29, 1.82) is 0 Å². The average Bonchev–Trinajstić information content (AvgIpc) is 3.29. The van der Waals surface area contributed by atoms with Gasteiger partial charge in [0.25, 0.3) is 0 Å². The highest BCUT2D eigenvalue weighted by atomic mass is 32.2. The number of aromatic nitrogens is 2. The first-order chi connectivity index (χ1) is 16.4. The second-order valence-corrected chi connectivity index (χ2v) is 9.97. The van der Waals surface area contributed by atoms with Gasteiger partial charge in [0.2, 0.25) is 5.78 Å². The molecule has 7 nitrogen and oxygen atoms in total. The molecule has 3 aromatic carbocycles. The molecule has 0 aliphatic carbocycles. The molecular formula is C26H21N3O4S. The zero-order valence-electron chi connectivity index (χ0n) is 18.5. The Hall–Kier alpha value is -4.04. The lowest BCUT2D eigenvalue weighted by atomic mass is 9.95. The van der Waals surface area contributed by atoms with E-state index in [2.05, 4.69) is 9.98 Å². The zero-order valence-corrected chi connectivity index (χ0v) is 19.4. The van der Waals surface area contributed by atoms with Crippen molar-refractivity contribution in [2.75, 3.05) is 13.4 Å². The molecule has 0 spiro atoms. The summed E-state index contributed by atoms with van der Waals surface area (Å²) in [5.74, 6) is 0.566. The molecule has 1 aliphatic rings. The number of carbonyl (C=O) groups is 1. The first-order valence-electron chi connectivity index (χ1n) is 10.6. The minimum absolute atomic E-state index is 0.157. The second kappa shape index (κ2) is 8.39. The lowest BCUT2D eigenvalue weighted by Gasteiger charge is -2.18. The van der Waals surface area contributed by atoms with Crippen molar-refractivity contribution in [3.05, 3.63) is 96.1 Å². The van der Waals surface area contributed by atoms with Crippen LogP contribution >= 0.6 is 0 Å². The van der Waals surface area contributed by atoms with E-state index in [1.54, 1.807) is 48.5 Å². The first kappa shape index (κ1) is 21.8. The number of nitrogens with zero attached hydrogens (tertiary/aromatic N) is 3. The molecule has 0 radical (unpaired) electrons. The number of sulfone groups is 1. The summed E-state index contributed by atoms with van der Waals surface area (Å²) in [4.78, 5) is 22.5. The van der Waals surface area contributed by atoms with Gasteiger partial charge in [0.15, 0.2) is 9.84 Å². The highest BCUT2D eigenvalue weighted by Gasteiger charge is 2.31. The Morgan fingerprint density at radius 2 is 1.65 bits per heavy atom. The summed E-state index contributed by atoms with van der Waals surface area (Å²) in [7, 11) is -1.78. The third-order valence-corrected chi connectivity index (χ3v) is 6.95. The quantitative estimate of drug-likeness (QED) is 0.433. The Balaban J connectivity index is 1.48. The predicted molar refractivity (Wildman–Crippen MR) is 130 cm³/mol. The number of hydrogen-bond donors (Lipinski definition) is 0. The third-order valence-electron chi connectivity index (χ3n) is 5.80. The van der Waals surface area contributed by atoms with E-state index in [-0.39, 0.29) is 10.7 Å². The monoisotopic (exact) mass is 471 g/mol. The molecule has 34 heavy (non-hydrogen) atoms. The average molecular weight is 472 g/mol. The molecule has 0 saturated heterocycles. The normalized spacial score (nSPS) is 15.2. The summed E-state index contributed by atoms with van der Waals surface area (Å²) in [5, 5.41) is 0. The smallest absolute Gasteiger partial charge is 0.210 e. The highest BCUT2D eigenvalue weighted by molar-refractivity contribution is 7.90. The molecule has 1 aromatic heterocycles. The Morgan fingerprint density at radius 3 is 2.32 bits per heavy atom. The fourth-order valence-corrected chi connectivity index (χ4v) is 5.00. The molecule has 1 aliphatic heterocycles. The van der Waals surface area contributed by atoms with E-state index in [1.807, 2.05) is 48.5 Å². The minimum atomic E-state index is -3.38.